The van der Waals surface area contributed by atoms with Gasteiger partial charge in [0.15, 0.2) is 0 Å². The molecule has 0 N–H and O–H groups in total. The van der Waals surface area contributed by atoms with Gasteiger partial charge in [0.25, 0.3) is 0 Å². The second kappa shape index (κ2) is 6.58. The van der Waals surface area contributed by atoms with Crippen molar-refractivity contribution in [1.29, 1.82) is 0 Å². The summed E-state index contributed by atoms with van der Waals surface area (Å²) in [6.07, 6.45) is 4.57. The second-order valence-electron chi connectivity index (χ2n) is 4.43. The molecule has 2 unspecified atom stereocenters. The van der Waals surface area contributed by atoms with Crippen LogP contribution in [0, 0.1) is 0 Å². The van der Waals surface area contributed by atoms with Crippen LogP contribution in [0.3, 0.4) is 0 Å². The molecule has 0 saturated carbocycles. The third kappa shape index (κ3) is 4.33. The maximum absolute atomic E-state index is 5.53. The van der Waals surface area contributed by atoms with E-state index >= 15 is 0 Å². The summed E-state index contributed by atoms with van der Waals surface area (Å²) in [5.41, 5.74) is 1.34. The Hall–Kier alpha value is -1.12. The van der Waals surface area contributed by atoms with Gasteiger partial charge in [-0.05, 0) is 18.4 Å². The molecule has 1 aromatic carbocycles. The van der Waals surface area contributed by atoms with E-state index in [0.717, 1.165) is 32.7 Å². The van der Waals surface area contributed by atoms with Gasteiger partial charge in [-0.15, -0.1) is 6.58 Å². The smallest absolute Gasteiger partial charge is 0.104 e. The molecule has 0 aliphatic carbocycles. The molecule has 17 heavy (non-hydrogen) atoms. The van der Waals surface area contributed by atoms with E-state index in [-0.39, 0.29) is 0 Å². The van der Waals surface area contributed by atoms with Crippen LogP contribution in [0.1, 0.15) is 24.3 Å². The van der Waals surface area contributed by atoms with Crippen LogP contribution in [-0.4, -0.2) is 25.9 Å². The van der Waals surface area contributed by atoms with Gasteiger partial charge in [0, 0.05) is 12.5 Å². The normalized spacial score (nSPS) is 19.9. The van der Waals surface area contributed by atoms with Gasteiger partial charge in [-0.1, -0.05) is 36.4 Å². The van der Waals surface area contributed by atoms with E-state index < -0.39 is 0 Å². The minimum Gasteiger partial charge on any atom is -0.379 e. The van der Waals surface area contributed by atoms with Crippen LogP contribution in [0.15, 0.2) is 43.0 Å². The molecule has 1 aliphatic heterocycles. The van der Waals surface area contributed by atoms with Crippen LogP contribution in [0.2, 0.25) is 0 Å². The fourth-order valence-electron chi connectivity index (χ4n) is 1.91. The zero-order valence-electron chi connectivity index (χ0n) is 10.2. The Morgan fingerprint density at radius 2 is 2.18 bits per heavy atom. The zero-order valence-corrected chi connectivity index (χ0v) is 10.2. The summed E-state index contributed by atoms with van der Waals surface area (Å²) in [7, 11) is 0. The molecule has 0 aromatic heterocycles. The molecule has 92 valence electrons. The number of rotatable bonds is 8. The van der Waals surface area contributed by atoms with Crippen LogP contribution < -0.4 is 0 Å². The van der Waals surface area contributed by atoms with Gasteiger partial charge in [0.05, 0.1) is 13.2 Å². The summed E-state index contributed by atoms with van der Waals surface area (Å²) >= 11 is 0. The van der Waals surface area contributed by atoms with E-state index in [2.05, 4.69) is 30.8 Å². The monoisotopic (exact) mass is 232 g/mol. The summed E-state index contributed by atoms with van der Waals surface area (Å²) in [5, 5.41) is 0. The van der Waals surface area contributed by atoms with Gasteiger partial charge in [0.2, 0.25) is 0 Å². The van der Waals surface area contributed by atoms with Crippen LogP contribution in [0.25, 0.3) is 0 Å². The molecular formula is C15H20O2. The molecule has 1 heterocycles. The molecule has 0 amide bonds. The van der Waals surface area contributed by atoms with Crippen molar-refractivity contribution in [2.24, 2.45) is 0 Å². The minimum atomic E-state index is 0.374. The highest BCUT2D eigenvalue weighted by Crippen LogP contribution is 2.22. The van der Waals surface area contributed by atoms with Gasteiger partial charge >= 0.3 is 0 Å². The molecular weight excluding hydrogens is 212 g/mol. The minimum absolute atomic E-state index is 0.374. The van der Waals surface area contributed by atoms with E-state index in [9.17, 15) is 0 Å². The van der Waals surface area contributed by atoms with Gasteiger partial charge in [-0.2, -0.15) is 0 Å². The first-order chi connectivity index (χ1) is 8.40. The van der Waals surface area contributed by atoms with Crippen molar-refractivity contribution in [3.05, 3.63) is 48.6 Å². The highest BCUT2D eigenvalue weighted by Gasteiger charge is 2.22. The maximum Gasteiger partial charge on any atom is 0.104 e. The fourth-order valence-corrected chi connectivity index (χ4v) is 1.91. The largest absolute Gasteiger partial charge is 0.379 e. The average molecular weight is 232 g/mol. The van der Waals surface area contributed by atoms with Crippen LogP contribution >= 0.6 is 0 Å². The molecule has 2 heteroatoms. The average Bonchev–Trinajstić information content (AvgIpc) is 3.19. The van der Waals surface area contributed by atoms with Crippen molar-refractivity contribution in [2.45, 2.75) is 24.9 Å². The molecule has 0 radical (unpaired) electrons. The van der Waals surface area contributed by atoms with Crippen molar-refractivity contribution < 1.29 is 9.47 Å². The lowest BCUT2D eigenvalue weighted by Crippen LogP contribution is -2.04. The number of allylic oxidation sites excluding steroid dienone is 1. The Labute approximate surface area is 103 Å². The van der Waals surface area contributed by atoms with Crippen LogP contribution in [0.4, 0.5) is 0 Å². The predicted octanol–water partition coefficient (Wildman–Crippen LogP) is 3.15. The summed E-state index contributed by atoms with van der Waals surface area (Å²) < 4.78 is 10.6. The first-order valence-electron chi connectivity index (χ1n) is 6.27. The molecule has 1 saturated heterocycles. The topological polar surface area (TPSA) is 21.8 Å². The molecule has 1 fully saturated rings. The molecule has 0 bridgehead atoms. The highest BCUT2D eigenvalue weighted by molar-refractivity contribution is 5.22. The summed E-state index contributed by atoms with van der Waals surface area (Å²) in [4.78, 5) is 0. The summed E-state index contributed by atoms with van der Waals surface area (Å²) in [6, 6.07) is 10.5. The van der Waals surface area contributed by atoms with Crippen molar-refractivity contribution >= 4 is 0 Å². The lowest BCUT2D eigenvalue weighted by Gasteiger charge is -2.12. The summed E-state index contributed by atoms with van der Waals surface area (Å²) in [5.74, 6) is 0.442. The number of epoxide rings is 1. The lowest BCUT2D eigenvalue weighted by molar-refractivity contribution is 0.113. The van der Waals surface area contributed by atoms with E-state index in [4.69, 9.17) is 9.47 Å². The molecule has 1 aliphatic rings. The Morgan fingerprint density at radius 1 is 1.41 bits per heavy atom. The third-order valence-electron chi connectivity index (χ3n) is 3.02. The van der Waals surface area contributed by atoms with Gasteiger partial charge < -0.3 is 9.47 Å². The first-order valence-corrected chi connectivity index (χ1v) is 6.27. The van der Waals surface area contributed by atoms with E-state index in [1.54, 1.807) is 0 Å². The van der Waals surface area contributed by atoms with Crippen LogP contribution in [0.5, 0.6) is 0 Å². The lowest BCUT2D eigenvalue weighted by atomic mass is 9.95. The fraction of sp³-hybridized carbons (Fsp3) is 0.467. The SMILES string of the molecule is C=CC(CCCOCC1CO1)c1ccccc1. The summed E-state index contributed by atoms with van der Waals surface area (Å²) in [6.45, 7) is 6.36. The molecule has 1 aromatic rings. The zero-order chi connectivity index (χ0) is 11.9. The van der Waals surface area contributed by atoms with E-state index in [1.807, 2.05) is 12.1 Å². The Morgan fingerprint density at radius 3 is 2.82 bits per heavy atom. The van der Waals surface area contributed by atoms with Crippen molar-refractivity contribution in [3.63, 3.8) is 0 Å². The second-order valence-corrected chi connectivity index (χ2v) is 4.43. The molecule has 0 spiro atoms. The quantitative estimate of drug-likeness (QED) is 0.390. The van der Waals surface area contributed by atoms with E-state index in [1.165, 1.54) is 5.56 Å². The van der Waals surface area contributed by atoms with Gasteiger partial charge in [-0.3, -0.25) is 0 Å². The maximum atomic E-state index is 5.53. The van der Waals surface area contributed by atoms with Crippen molar-refractivity contribution in [1.82, 2.24) is 0 Å². The number of hydrogen-bond acceptors (Lipinski definition) is 2. The number of benzene rings is 1. The Kier molecular flexibility index (Phi) is 4.77. The van der Waals surface area contributed by atoms with Crippen molar-refractivity contribution in [2.75, 3.05) is 19.8 Å². The molecule has 2 nitrogen and oxygen atoms in total. The number of ether oxygens (including phenoxy) is 2. The highest BCUT2D eigenvalue weighted by atomic mass is 16.6. The van der Waals surface area contributed by atoms with Gasteiger partial charge in [0.1, 0.15) is 6.10 Å². The standard InChI is InChI=1S/C15H20O2/c1-2-13(14-7-4-3-5-8-14)9-6-10-16-11-15-12-17-15/h2-5,7-8,13,15H,1,6,9-12H2. The van der Waals surface area contributed by atoms with Gasteiger partial charge in [-0.25, -0.2) is 0 Å². The first kappa shape index (κ1) is 12.3. The molecule has 2 rings (SSSR count). The Bertz CT molecular complexity index is 330. The van der Waals surface area contributed by atoms with E-state index in [0.29, 0.717) is 12.0 Å². The van der Waals surface area contributed by atoms with Crippen LogP contribution in [-0.2, 0) is 9.47 Å². The number of hydrogen-bond donors (Lipinski definition) is 0. The Balaban J connectivity index is 1.66. The third-order valence-corrected chi connectivity index (χ3v) is 3.02. The molecule has 2 atom stereocenters. The van der Waals surface area contributed by atoms with Crippen molar-refractivity contribution in [3.8, 4) is 0 Å². The predicted molar refractivity (Wildman–Crippen MR) is 69.2 cm³/mol.